The number of hydrogen-bond donors (Lipinski definition) is 1. The van der Waals surface area contributed by atoms with Gasteiger partial charge in [-0.2, -0.15) is 9.65 Å². The minimum absolute atomic E-state index is 0.218. The Morgan fingerprint density at radius 2 is 2.21 bits per heavy atom. The third kappa shape index (κ3) is 1.61. The van der Waals surface area contributed by atoms with E-state index in [1.165, 1.54) is 6.07 Å². The van der Waals surface area contributed by atoms with Crippen LogP contribution in [0.3, 0.4) is 0 Å². The first-order valence-electron chi connectivity index (χ1n) is 3.98. The van der Waals surface area contributed by atoms with Crippen LogP contribution in [0.5, 0.6) is 0 Å². The molecule has 0 aliphatic heterocycles. The Morgan fingerprint density at radius 1 is 1.43 bits per heavy atom. The van der Waals surface area contributed by atoms with Crippen molar-refractivity contribution < 1.29 is 4.39 Å². The van der Waals surface area contributed by atoms with Crippen molar-refractivity contribution in [2.75, 3.05) is 0 Å². The Labute approximate surface area is 90.2 Å². The lowest BCUT2D eigenvalue weighted by molar-refractivity contribution is 0.658. The lowest BCUT2D eigenvalue weighted by Gasteiger charge is -1.98. The number of nitriles is 1. The van der Waals surface area contributed by atoms with E-state index >= 15 is 0 Å². The van der Waals surface area contributed by atoms with Gasteiger partial charge in [-0.25, -0.2) is 0 Å². The molecule has 2 aromatic rings. The van der Waals surface area contributed by atoms with E-state index in [1.807, 2.05) is 6.07 Å². The van der Waals surface area contributed by atoms with E-state index < -0.39 is 0 Å². The molecule has 1 heterocycles. The van der Waals surface area contributed by atoms with Crippen LogP contribution in [0.4, 0.5) is 4.39 Å². The fraction of sp³-hybridized carbons (Fsp3) is 0.100. The second kappa shape index (κ2) is 3.60. The van der Waals surface area contributed by atoms with Crippen molar-refractivity contribution in [3.05, 3.63) is 28.9 Å². The summed E-state index contributed by atoms with van der Waals surface area (Å²) in [6.07, 6.45) is 0.336. The maximum atomic E-state index is 12.9. The molecule has 1 aromatic heterocycles. The molecule has 0 aliphatic rings. The monoisotopic (exact) mass is 223 g/mol. The summed E-state index contributed by atoms with van der Waals surface area (Å²) in [5, 5.41) is 9.14. The molecule has 0 spiro atoms. The van der Waals surface area contributed by atoms with Crippen LogP contribution in [0.25, 0.3) is 10.1 Å². The first kappa shape index (κ1) is 9.50. The summed E-state index contributed by atoms with van der Waals surface area (Å²) >= 11 is 5.34. The highest BCUT2D eigenvalue weighted by atomic mass is 32.1. The molecular formula is C10H6FNS2. The van der Waals surface area contributed by atoms with E-state index in [0.717, 1.165) is 31.9 Å². The quantitative estimate of drug-likeness (QED) is 0.736. The Bertz CT molecular complexity index is 525. The lowest BCUT2D eigenvalue weighted by atomic mass is 10.1. The molecule has 14 heavy (non-hydrogen) atoms. The van der Waals surface area contributed by atoms with Crippen LogP contribution in [0, 0.1) is 16.5 Å². The summed E-state index contributed by atoms with van der Waals surface area (Å²) in [4.78, 5) is 0.730. The van der Waals surface area contributed by atoms with Gasteiger partial charge in [0.2, 0.25) is 0 Å². The minimum Gasteiger partial charge on any atom is -0.198 e. The predicted octanol–water partition coefficient (Wildman–Crippen LogP) is 3.40. The Morgan fingerprint density at radius 3 is 2.93 bits per heavy atom. The predicted molar refractivity (Wildman–Crippen MR) is 58.4 cm³/mol. The summed E-state index contributed by atoms with van der Waals surface area (Å²) in [6, 6.07) is 7.18. The molecule has 0 bridgehead atoms. The van der Waals surface area contributed by atoms with E-state index in [-0.39, 0.29) is 5.13 Å². The number of thiophene rings is 1. The van der Waals surface area contributed by atoms with Gasteiger partial charge in [-0.3, -0.25) is 0 Å². The standard InChI is InChI=1S/C10H6FNS2/c11-10-5-7-8(13)3-6(1-2-12)4-9(7)14-10/h3-5,13H,1H2. The highest BCUT2D eigenvalue weighted by Gasteiger charge is 2.06. The van der Waals surface area contributed by atoms with Crippen LogP contribution >= 0.6 is 24.0 Å². The van der Waals surface area contributed by atoms with Crippen LogP contribution in [0.15, 0.2) is 23.1 Å². The summed E-state index contributed by atoms with van der Waals surface area (Å²) in [7, 11) is 0. The van der Waals surface area contributed by atoms with Gasteiger partial charge in [0.15, 0.2) is 5.13 Å². The highest BCUT2D eigenvalue weighted by molar-refractivity contribution is 7.80. The molecule has 0 fully saturated rings. The molecular weight excluding hydrogens is 217 g/mol. The zero-order valence-corrected chi connectivity index (χ0v) is 8.83. The van der Waals surface area contributed by atoms with Crippen molar-refractivity contribution in [1.82, 2.24) is 0 Å². The maximum absolute atomic E-state index is 12.9. The molecule has 1 nitrogen and oxygen atoms in total. The fourth-order valence-electron chi connectivity index (χ4n) is 1.34. The number of nitrogens with zero attached hydrogens (tertiary/aromatic N) is 1. The van der Waals surface area contributed by atoms with Crippen molar-refractivity contribution in [2.24, 2.45) is 0 Å². The van der Waals surface area contributed by atoms with E-state index in [1.54, 1.807) is 6.07 Å². The molecule has 70 valence electrons. The van der Waals surface area contributed by atoms with E-state index in [0.29, 0.717) is 6.42 Å². The van der Waals surface area contributed by atoms with Crippen LogP contribution in [-0.4, -0.2) is 0 Å². The van der Waals surface area contributed by atoms with Gasteiger partial charge < -0.3 is 0 Å². The molecule has 0 atom stereocenters. The van der Waals surface area contributed by atoms with Crippen LogP contribution < -0.4 is 0 Å². The molecule has 0 aliphatic carbocycles. The first-order chi connectivity index (χ1) is 6.70. The van der Waals surface area contributed by atoms with Gasteiger partial charge in [0.05, 0.1) is 12.5 Å². The summed E-state index contributed by atoms with van der Waals surface area (Å²) in [6.45, 7) is 0. The van der Waals surface area contributed by atoms with Crippen molar-refractivity contribution in [3.8, 4) is 6.07 Å². The average molecular weight is 223 g/mol. The number of hydrogen-bond acceptors (Lipinski definition) is 3. The van der Waals surface area contributed by atoms with Gasteiger partial charge in [0, 0.05) is 15.0 Å². The molecule has 1 aromatic carbocycles. The number of benzene rings is 1. The molecule has 0 N–H and O–H groups in total. The number of halogens is 1. The molecule has 0 saturated carbocycles. The zero-order chi connectivity index (χ0) is 10.1. The van der Waals surface area contributed by atoms with Gasteiger partial charge >= 0.3 is 0 Å². The zero-order valence-electron chi connectivity index (χ0n) is 7.12. The number of thiol groups is 1. The molecule has 2 rings (SSSR count). The van der Waals surface area contributed by atoms with Gasteiger partial charge in [0.25, 0.3) is 0 Å². The van der Waals surface area contributed by atoms with Crippen LogP contribution in [0.2, 0.25) is 0 Å². The van der Waals surface area contributed by atoms with Crippen LogP contribution in [-0.2, 0) is 6.42 Å². The second-order valence-electron chi connectivity index (χ2n) is 2.91. The van der Waals surface area contributed by atoms with Crippen LogP contribution in [0.1, 0.15) is 5.56 Å². The Balaban J connectivity index is 2.66. The minimum atomic E-state index is -0.218. The largest absolute Gasteiger partial charge is 0.198 e. The third-order valence-corrected chi connectivity index (χ3v) is 3.17. The highest BCUT2D eigenvalue weighted by Crippen LogP contribution is 2.30. The average Bonchev–Trinajstić information content (AvgIpc) is 2.47. The lowest BCUT2D eigenvalue weighted by Crippen LogP contribution is -1.80. The number of rotatable bonds is 1. The second-order valence-corrected chi connectivity index (χ2v) is 4.43. The van der Waals surface area contributed by atoms with Gasteiger partial charge in [-0.1, -0.05) is 0 Å². The normalized spacial score (nSPS) is 10.4. The molecule has 0 unspecified atom stereocenters. The first-order valence-corrected chi connectivity index (χ1v) is 5.25. The van der Waals surface area contributed by atoms with Gasteiger partial charge in [-0.05, 0) is 23.8 Å². The summed E-state index contributed by atoms with van der Waals surface area (Å²) in [5.41, 5.74) is 0.881. The van der Waals surface area contributed by atoms with Gasteiger partial charge in [0.1, 0.15) is 0 Å². The fourth-order valence-corrected chi connectivity index (χ4v) is 2.64. The van der Waals surface area contributed by atoms with E-state index in [4.69, 9.17) is 5.26 Å². The summed E-state index contributed by atoms with van der Waals surface area (Å²) < 4.78 is 13.8. The van der Waals surface area contributed by atoms with E-state index in [9.17, 15) is 4.39 Å². The molecule has 0 amide bonds. The Hall–Kier alpha value is -1.05. The summed E-state index contributed by atoms with van der Waals surface area (Å²) in [5.74, 6) is 0. The van der Waals surface area contributed by atoms with E-state index in [2.05, 4.69) is 18.7 Å². The van der Waals surface area contributed by atoms with Crippen molar-refractivity contribution in [1.29, 1.82) is 5.26 Å². The molecule has 4 heteroatoms. The van der Waals surface area contributed by atoms with Crippen molar-refractivity contribution in [3.63, 3.8) is 0 Å². The molecule has 0 saturated heterocycles. The maximum Gasteiger partial charge on any atom is 0.177 e. The van der Waals surface area contributed by atoms with Crippen molar-refractivity contribution in [2.45, 2.75) is 11.3 Å². The topological polar surface area (TPSA) is 23.8 Å². The number of fused-ring (bicyclic) bond motifs is 1. The third-order valence-electron chi connectivity index (χ3n) is 1.93. The smallest absolute Gasteiger partial charge is 0.177 e. The van der Waals surface area contributed by atoms with Crippen molar-refractivity contribution >= 4 is 34.1 Å². The molecule has 0 radical (unpaired) electrons. The SMILES string of the molecule is N#CCc1cc(S)c2cc(F)sc2c1. The van der Waals surface area contributed by atoms with Gasteiger partial charge in [-0.15, -0.1) is 24.0 Å². The Kier molecular flexibility index (Phi) is 2.44.